The second kappa shape index (κ2) is 11.9. The van der Waals surface area contributed by atoms with E-state index < -0.39 is 23.2 Å². The van der Waals surface area contributed by atoms with Gasteiger partial charge in [-0.15, -0.1) is 11.3 Å². The summed E-state index contributed by atoms with van der Waals surface area (Å²) in [6.07, 6.45) is 0.659. The lowest BCUT2D eigenvalue weighted by Gasteiger charge is -2.37. The minimum absolute atomic E-state index is 0.103. The number of ether oxygens (including phenoxy) is 1. The van der Waals surface area contributed by atoms with E-state index in [0.29, 0.717) is 23.6 Å². The van der Waals surface area contributed by atoms with Crippen LogP contribution in [0.1, 0.15) is 54.3 Å². The number of phenolic OH excluding ortho intramolecular Hbond substituents is 1. The molecule has 2 aliphatic rings. The first-order valence-corrected chi connectivity index (χ1v) is 16.2. The molecule has 0 spiro atoms. The molecule has 7 rings (SSSR count). The van der Waals surface area contributed by atoms with E-state index in [2.05, 4.69) is 10.4 Å². The monoisotopic (exact) mass is 648 g/mol. The molecule has 2 aromatic heterocycles. The number of carbonyl (C=O) groups is 2. The number of thiophene rings is 1. The van der Waals surface area contributed by atoms with E-state index in [-0.39, 0.29) is 47.1 Å². The number of rotatable bonds is 6. The summed E-state index contributed by atoms with van der Waals surface area (Å²) in [5.41, 5.74) is 2.89. The quantitative estimate of drug-likeness (QED) is 0.181. The second-order valence-corrected chi connectivity index (χ2v) is 13.6. The number of anilines is 2. The number of benzene rings is 3. The molecule has 1 aliphatic heterocycles. The van der Waals surface area contributed by atoms with Gasteiger partial charge in [-0.25, -0.2) is 4.39 Å². The van der Waals surface area contributed by atoms with Crippen molar-refractivity contribution in [3.63, 3.8) is 0 Å². The number of Topliss-reactive ketones (excluding diaryl/α,β-unsaturated/α-hetero) is 1. The SMILES string of the molecule is Cn1nc(C(=O)N2c3cccc(O)c3NC3=C(C(=O)CC(C)(C)C3)C2c2ccc(OCc3ccccc3)cc2F)cc1-c1cccs1. The van der Waals surface area contributed by atoms with Crippen molar-refractivity contribution < 1.29 is 23.8 Å². The molecule has 47 heavy (non-hydrogen) atoms. The fourth-order valence-electron chi connectivity index (χ4n) is 6.47. The fourth-order valence-corrected chi connectivity index (χ4v) is 7.24. The van der Waals surface area contributed by atoms with Gasteiger partial charge in [-0.05, 0) is 59.2 Å². The molecule has 0 saturated heterocycles. The van der Waals surface area contributed by atoms with Crippen LogP contribution < -0.4 is 15.0 Å². The summed E-state index contributed by atoms with van der Waals surface area (Å²) < 4.78 is 24.0. The van der Waals surface area contributed by atoms with E-state index in [4.69, 9.17) is 4.74 Å². The summed E-state index contributed by atoms with van der Waals surface area (Å²) in [7, 11) is 1.76. The van der Waals surface area contributed by atoms with Crippen molar-refractivity contribution in [3.05, 3.63) is 124 Å². The molecular weight excluding hydrogens is 615 g/mol. The number of fused-ring (bicyclic) bond motifs is 1. The molecule has 3 aromatic carbocycles. The number of hydrogen-bond donors (Lipinski definition) is 2. The van der Waals surface area contributed by atoms with Crippen LogP contribution in [0, 0.1) is 11.2 Å². The Morgan fingerprint density at radius 1 is 1.06 bits per heavy atom. The van der Waals surface area contributed by atoms with Crippen molar-refractivity contribution in [2.75, 3.05) is 10.2 Å². The number of halogens is 1. The molecule has 1 atom stereocenters. The highest BCUT2D eigenvalue weighted by molar-refractivity contribution is 7.13. The Labute approximate surface area is 275 Å². The summed E-state index contributed by atoms with van der Waals surface area (Å²) in [6, 6.07) is 23.3. The Balaban J connectivity index is 1.39. The van der Waals surface area contributed by atoms with Crippen LogP contribution in [0.15, 0.2) is 102 Å². The maximum absolute atomic E-state index is 16.4. The molecular formula is C37H33FN4O4S. The summed E-state index contributed by atoms with van der Waals surface area (Å²) in [5.74, 6) is -1.17. The Morgan fingerprint density at radius 3 is 2.62 bits per heavy atom. The van der Waals surface area contributed by atoms with E-state index in [1.165, 1.54) is 28.4 Å². The molecule has 10 heteroatoms. The zero-order valence-corrected chi connectivity index (χ0v) is 27.0. The van der Waals surface area contributed by atoms with Crippen LogP contribution in [-0.2, 0) is 18.4 Å². The highest BCUT2D eigenvalue weighted by atomic mass is 32.1. The molecule has 0 radical (unpaired) electrons. The molecule has 2 N–H and O–H groups in total. The Bertz CT molecular complexity index is 2030. The van der Waals surface area contributed by atoms with Crippen molar-refractivity contribution in [1.82, 2.24) is 9.78 Å². The molecule has 238 valence electrons. The number of nitrogens with zero attached hydrogens (tertiary/aromatic N) is 3. The van der Waals surface area contributed by atoms with E-state index in [1.54, 1.807) is 42.1 Å². The normalized spacial score (nSPS) is 17.1. The molecule has 3 heterocycles. The first-order chi connectivity index (χ1) is 22.6. The number of aromatic hydroxyl groups is 1. The van der Waals surface area contributed by atoms with Gasteiger partial charge in [0.2, 0.25) is 0 Å². The Hall–Kier alpha value is -5.22. The van der Waals surface area contributed by atoms with E-state index in [1.807, 2.05) is 61.7 Å². The number of para-hydroxylation sites is 1. The van der Waals surface area contributed by atoms with E-state index >= 15 is 4.39 Å². The summed E-state index contributed by atoms with van der Waals surface area (Å²) in [6.45, 7) is 4.23. The van der Waals surface area contributed by atoms with Gasteiger partial charge in [0, 0.05) is 36.4 Å². The van der Waals surface area contributed by atoms with Gasteiger partial charge >= 0.3 is 0 Å². The first kappa shape index (κ1) is 30.4. The molecule has 1 aliphatic carbocycles. The van der Waals surface area contributed by atoms with Crippen molar-refractivity contribution >= 4 is 34.4 Å². The van der Waals surface area contributed by atoms with Crippen molar-refractivity contribution in [2.45, 2.75) is 39.3 Å². The second-order valence-electron chi connectivity index (χ2n) is 12.7. The lowest BCUT2D eigenvalue weighted by molar-refractivity contribution is -0.118. The van der Waals surface area contributed by atoms with Crippen LogP contribution in [0.5, 0.6) is 11.5 Å². The zero-order chi connectivity index (χ0) is 32.9. The molecule has 0 saturated carbocycles. The molecule has 8 nitrogen and oxygen atoms in total. The van der Waals surface area contributed by atoms with Crippen molar-refractivity contribution in [1.29, 1.82) is 0 Å². The first-order valence-electron chi connectivity index (χ1n) is 15.3. The van der Waals surface area contributed by atoms with E-state index in [0.717, 1.165) is 16.1 Å². The number of carbonyl (C=O) groups excluding carboxylic acids is 2. The summed E-state index contributed by atoms with van der Waals surface area (Å²) >= 11 is 1.52. The van der Waals surface area contributed by atoms with Crippen LogP contribution in [-0.4, -0.2) is 26.6 Å². The third-order valence-electron chi connectivity index (χ3n) is 8.61. The maximum Gasteiger partial charge on any atom is 0.279 e. The molecule has 1 amide bonds. The molecule has 1 unspecified atom stereocenters. The number of aryl methyl sites for hydroxylation is 1. The van der Waals surface area contributed by atoms with Gasteiger partial charge in [0.15, 0.2) is 11.5 Å². The number of amides is 1. The third kappa shape index (κ3) is 5.69. The largest absolute Gasteiger partial charge is 0.506 e. The molecule has 0 fully saturated rings. The standard InChI is InChI=1S/C37H33FN4O4S/c1-37(2)19-27-33(31(44)20-37)35(24-15-14-23(17-25(24)38)46-21-22-9-5-4-6-10-22)42(28-11-7-12-30(43)34(28)39-27)36(45)26-18-29(41(3)40-26)32-13-8-16-47-32/h4-18,35,39,43H,19-21H2,1-3H3. The topological polar surface area (TPSA) is 96.7 Å². The van der Waals surface area contributed by atoms with Crippen molar-refractivity contribution in [2.24, 2.45) is 12.5 Å². The summed E-state index contributed by atoms with van der Waals surface area (Å²) in [4.78, 5) is 31.2. The average Bonchev–Trinajstić information content (AvgIpc) is 3.67. The Kier molecular flexibility index (Phi) is 7.68. The number of allylic oxidation sites excluding steroid dienone is 1. The summed E-state index contributed by atoms with van der Waals surface area (Å²) in [5, 5.41) is 20.9. The number of hydrogen-bond acceptors (Lipinski definition) is 7. The Morgan fingerprint density at radius 2 is 1.87 bits per heavy atom. The fraction of sp³-hybridized carbons (Fsp3) is 0.216. The average molecular weight is 649 g/mol. The number of phenols is 1. The van der Waals surface area contributed by atoms with Crippen LogP contribution in [0.4, 0.5) is 15.8 Å². The van der Waals surface area contributed by atoms with Crippen molar-refractivity contribution in [3.8, 4) is 22.1 Å². The molecule has 0 bridgehead atoms. The molecule has 5 aromatic rings. The van der Waals surface area contributed by atoms with Gasteiger partial charge in [0.05, 0.1) is 22.3 Å². The highest BCUT2D eigenvalue weighted by Gasteiger charge is 2.45. The van der Waals surface area contributed by atoms with Gasteiger partial charge in [-0.1, -0.05) is 56.3 Å². The lowest BCUT2D eigenvalue weighted by atomic mass is 9.73. The minimum Gasteiger partial charge on any atom is -0.506 e. The lowest BCUT2D eigenvalue weighted by Crippen LogP contribution is -2.40. The predicted octanol–water partition coefficient (Wildman–Crippen LogP) is 8.03. The van der Waals surface area contributed by atoms with Gasteiger partial charge in [0.25, 0.3) is 5.91 Å². The zero-order valence-electron chi connectivity index (χ0n) is 26.2. The number of ketones is 1. The smallest absolute Gasteiger partial charge is 0.279 e. The maximum atomic E-state index is 16.4. The van der Waals surface area contributed by atoms with Crippen LogP contribution in [0.3, 0.4) is 0 Å². The van der Waals surface area contributed by atoms with Gasteiger partial charge < -0.3 is 15.2 Å². The highest BCUT2D eigenvalue weighted by Crippen LogP contribution is 2.51. The van der Waals surface area contributed by atoms with Gasteiger partial charge in [-0.2, -0.15) is 5.10 Å². The van der Waals surface area contributed by atoms with Crippen LogP contribution in [0.2, 0.25) is 0 Å². The minimum atomic E-state index is -1.16. The van der Waals surface area contributed by atoms with Gasteiger partial charge in [-0.3, -0.25) is 19.2 Å². The third-order valence-corrected chi connectivity index (χ3v) is 9.51. The number of aromatic nitrogens is 2. The van der Waals surface area contributed by atoms with E-state index in [9.17, 15) is 14.7 Å². The van der Waals surface area contributed by atoms with Crippen LogP contribution in [0.25, 0.3) is 10.6 Å². The predicted molar refractivity (Wildman–Crippen MR) is 180 cm³/mol. The van der Waals surface area contributed by atoms with Gasteiger partial charge in [0.1, 0.15) is 29.6 Å². The number of nitrogens with one attached hydrogen (secondary N) is 1. The van der Waals surface area contributed by atoms with Crippen LogP contribution >= 0.6 is 11.3 Å².